The molecule has 7 heteroatoms. The van der Waals surface area contributed by atoms with Gasteiger partial charge in [0.15, 0.2) is 5.57 Å². The second-order valence-electron chi connectivity index (χ2n) is 8.49. The standard InChI is InChI=1S/C25H28N2O5/c1-25(2)31-23(28)20(24(29)32-25)15-26-19-8-4-6-16(14-19)10-12-18-13-11-17-7-5-9-21(30-3)22(17)27-18/h4-9,14-15,18,26-27H,10-13H2,1-3H3. The SMILES string of the molecule is COc1cccc2c1NC(CCc1cccc(NC=C3C(=O)OC(C)(C)OC3=O)c1)CC2. The van der Waals surface area contributed by atoms with Crippen molar-refractivity contribution in [2.45, 2.75) is 51.4 Å². The van der Waals surface area contributed by atoms with E-state index in [4.69, 9.17) is 14.2 Å². The van der Waals surface area contributed by atoms with Crippen molar-refractivity contribution in [1.82, 2.24) is 0 Å². The quantitative estimate of drug-likeness (QED) is 0.399. The predicted molar refractivity (Wildman–Crippen MR) is 121 cm³/mol. The average Bonchev–Trinajstić information content (AvgIpc) is 2.76. The number of fused-ring (bicyclic) bond motifs is 1. The predicted octanol–water partition coefficient (Wildman–Crippen LogP) is 4.19. The van der Waals surface area contributed by atoms with Crippen LogP contribution in [0.1, 0.15) is 37.8 Å². The second-order valence-corrected chi connectivity index (χ2v) is 8.49. The Balaban J connectivity index is 1.37. The number of hydrogen-bond acceptors (Lipinski definition) is 7. The van der Waals surface area contributed by atoms with Gasteiger partial charge in [-0.05, 0) is 55.0 Å². The van der Waals surface area contributed by atoms with E-state index in [1.165, 1.54) is 25.6 Å². The van der Waals surface area contributed by atoms with E-state index in [1.807, 2.05) is 30.3 Å². The molecule has 2 aliphatic heterocycles. The molecule has 0 saturated carbocycles. The van der Waals surface area contributed by atoms with E-state index in [1.54, 1.807) is 7.11 Å². The van der Waals surface area contributed by atoms with Gasteiger partial charge in [-0.1, -0.05) is 24.3 Å². The van der Waals surface area contributed by atoms with Crippen LogP contribution in [0.2, 0.25) is 0 Å². The molecule has 0 radical (unpaired) electrons. The first-order chi connectivity index (χ1) is 15.3. The molecule has 2 N–H and O–H groups in total. The van der Waals surface area contributed by atoms with Gasteiger partial charge in [-0.3, -0.25) is 0 Å². The number of esters is 2. The van der Waals surface area contributed by atoms with Gasteiger partial charge in [0.2, 0.25) is 0 Å². The fraction of sp³-hybridized carbons (Fsp3) is 0.360. The van der Waals surface area contributed by atoms with Gasteiger partial charge in [0.25, 0.3) is 5.79 Å². The first kappa shape index (κ1) is 21.7. The van der Waals surface area contributed by atoms with E-state index < -0.39 is 17.7 Å². The van der Waals surface area contributed by atoms with Gasteiger partial charge in [-0.25, -0.2) is 9.59 Å². The third-order valence-corrected chi connectivity index (χ3v) is 5.65. The highest BCUT2D eigenvalue weighted by Gasteiger charge is 2.38. The molecule has 0 aliphatic carbocycles. The van der Waals surface area contributed by atoms with E-state index >= 15 is 0 Å². The Bertz CT molecular complexity index is 1020. The number of rotatable bonds is 6. The van der Waals surface area contributed by atoms with Gasteiger partial charge in [-0.15, -0.1) is 0 Å². The number of nitrogens with one attached hydrogen (secondary N) is 2. The molecule has 2 aliphatic rings. The number of cyclic esters (lactones) is 2. The Hall–Kier alpha value is -3.48. The Kier molecular flexibility index (Phi) is 6.08. The van der Waals surface area contributed by atoms with Crippen molar-refractivity contribution in [2.24, 2.45) is 0 Å². The Labute approximate surface area is 187 Å². The molecule has 0 aromatic heterocycles. The number of para-hydroxylation sites is 1. The summed E-state index contributed by atoms with van der Waals surface area (Å²) >= 11 is 0. The summed E-state index contributed by atoms with van der Waals surface area (Å²) in [5, 5.41) is 6.65. The number of anilines is 2. The zero-order chi connectivity index (χ0) is 22.7. The molecule has 4 rings (SSSR count). The van der Waals surface area contributed by atoms with Gasteiger partial charge < -0.3 is 24.8 Å². The molecule has 7 nitrogen and oxygen atoms in total. The first-order valence-electron chi connectivity index (χ1n) is 10.8. The molecular weight excluding hydrogens is 408 g/mol. The van der Waals surface area contributed by atoms with E-state index in [2.05, 4.69) is 22.8 Å². The summed E-state index contributed by atoms with van der Waals surface area (Å²) in [6, 6.07) is 14.4. The average molecular weight is 437 g/mol. The van der Waals surface area contributed by atoms with Crippen molar-refractivity contribution in [3.63, 3.8) is 0 Å². The third kappa shape index (κ3) is 4.88. The number of ether oxygens (including phenoxy) is 3. The lowest BCUT2D eigenvalue weighted by atomic mass is 9.93. The highest BCUT2D eigenvalue weighted by molar-refractivity contribution is 6.15. The summed E-state index contributed by atoms with van der Waals surface area (Å²) in [6.07, 6.45) is 5.32. The largest absolute Gasteiger partial charge is 0.495 e. The first-order valence-corrected chi connectivity index (χ1v) is 10.8. The van der Waals surface area contributed by atoms with E-state index in [0.29, 0.717) is 6.04 Å². The van der Waals surface area contributed by atoms with Crippen molar-refractivity contribution in [3.8, 4) is 5.75 Å². The van der Waals surface area contributed by atoms with Crippen molar-refractivity contribution in [2.75, 3.05) is 17.7 Å². The maximum Gasteiger partial charge on any atom is 0.350 e. The van der Waals surface area contributed by atoms with Crippen LogP contribution >= 0.6 is 0 Å². The Morgan fingerprint density at radius 2 is 1.91 bits per heavy atom. The van der Waals surface area contributed by atoms with Crippen LogP contribution in [0.25, 0.3) is 0 Å². The summed E-state index contributed by atoms with van der Waals surface area (Å²) < 4.78 is 15.7. The van der Waals surface area contributed by atoms with Crippen LogP contribution in [0.5, 0.6) is 5.75 Å². The van der Waals surface area contributed by atoms with Gasteiger partial charge >= 0.3 is 11.9 Å². The van der Waals surface area contributed by atoms with Crippen LogP contribution < -0.4 is 15.4 Å². The zero-order valence-electron chi connectivity index (χ0n) is 18.6. The van der Waals surface area contributed by atoms with E-state index in [-0.39, 0.29) is 5.57 Å². The molecule has 1 fully saturated rings. The highest BCUT2D eigenvalue weighted by Crippen LogP contribution is 2.34. The molecule has 1 unspecified atom stereocenters. The molecule has 2 aromatic carbocycles. The van der Waals surface area contributed by atoms with E-state index in [9.17, 15) is 9.59 Å². The lowest BCUT2D eigenvalue weighted by molar-refractivity contribution is -0.222. The number of benzene rings is 2. The molecule has 1 atom stereocenters. The molecule has 168 valence electrons. The van der Waals surface area contributed by atoms with Crippen LogP contribution in [-0.2, 0) is 31.9 Å². The Morgan fingerprint density at radius 1 is 1.16 bits per heavy atom. The zero-order valence-corrected chi connectivity index (χ0v) is 18.6. The number of methoxy groups -OCH3 is 1. The molecular formula is C25H28N2O5. The molecule has 0 amide bonds. The normalized spacial score (nSPS) is 19.2. The third-order valence-electron chi connectivity index (χ3n) is 5.65. The monoisotopic (exact) mass is 436 g/mol. The number of carbonyl (C=O) groups excluding carboxylic acids is 2. The molecule has 32 heavy (non-hydrogen) atoms. The molecule has 1 saturated heterocycles. The summed E-state index contributed by atoms with van der Waals surface area (Å²) in [7, 11) is 1.70. The van der Waals surface area contributed by atoms with Gasteiger partial charge in [0, 0.05) is 31.8 Å². The smallest absolute Gasteiger partial charge is 0.350 e. The summed E-state index contributed by atoms with van der Waals surface area (Å²) in [5.74, 6) is -1.76. The number of aryl methyl sites for hydroxylation is 2. The lowest BCUT2D eigenvalue weighted by Crippen LogP contribution is -2.42. The van der Waals surface area contributed by atoms with Gasteiger partial charge in [0.05, 0.1) is 12.8 Å². The molecule has 2 heterocycles. The lowest BCUT2D eigenvalue weighted by Gasteiger charge is -2.29. The number of carbonyl (C=O) groups is 2. The van der Waals surface area contributed by atoms with Crippen molar-refractivity contribution in [1.29, 1.82) is 0 Å². The van der Waals surface area contributed by atoms with Crippen molar-refractivity contribution < 1.29 is 23.8 Å². The Morgan fingerprint density at radius 3 is 2.66 bits per heavy atom. The fourth-order valence-corrected chi connectivity index (χ4v) is 4.03. The van der Waals surface area contributed by atoms with Crippen molar-refractivity contribution >= 4 is 23.3 Å². The summed E-state index contributed by atoms with van der Waals surface area (Å²) in [6.45, 7) is 3.04. The van der Waals surface area contributed by atoms with Crippen LogP contribution in [0.3, 0.4) is 0 Å². The van der Waals surface area contributed by atoms with Gasteiger partial charge in [0.1, 0.15) is 5.75 Å². The minimum Gasteiger partial charge on any atom is -0.495 e. The van der Waals surface area contributed by atoms with Crippen molar-refractivity contribution in [3.05, 3.63) is 65.4 Å². The maximum absolute atomic E-state index is 12.1. The number of hydrogen-bond donors (Lipinski definition) is 2. The minimum atomic E-state index is -1.25. The van der Waals surface area contributed by atoms with Crippen LogP contribution in [0, 0.1) is 0 Å². The molecule has 0 spiro atoms. The van der Waals surface area contributed by atoms with Gasteiger partial charge in [-0.2, -0.15) is 0 Å². The van der Waals surface area contributed by atoms with E-state index in [0.717, 1.165) is 48.4 Å². The summed E-state index contributed by atoms with van der Waals surface area (Å²) in [5.41, 5.74) is 4.18. The molecule has 2 aromatic rings. The van der Waals surface area contributed by atoms with Crippen LogP contribution in [0.4, 0.5) is 11.4 Å². The summed E-state index contributed by atoms with van der Waals surface area (Å²) in [4.78, 5) is 24.1. The van der Waals surface area contributed by atoms with Crippen LogP contribution in [0.15, 0.2) is 54.2 Å². The second kappa shape index (κ2) is 8.94. The minimum absolute atomic E-state index is 0.159. The maximum atomic E-state index is 12.1. The van der Waals surface area contributed by atoms with Crippen LogP contribution in [-0.4, -0.2) is 30.9 Å². The highest BCUT2D eigenvalue weighted by atomic mass is 16.7. The topological polar surface area (TPSA) is 85.9 Å². The fourth-order valence-electron chi connectivity index (χ4n) is 4.03. The molecule has 0 bridgehead atoms.